The van der Waals surface area contributed by atoms with Gasteiger partial charge in [0, 0.05) is 38.5 Å². The van der Waals surface area contributed by atoms with Gasteiger partial charge in [0.25, 0.3) is 11.5 Å². The highest BCUT2D eigenvalue weighted by Crippen LogP contribution is 2.36. The molecular formula is C26H24Cl2FN7O5. The Morgan fingerprint density at radius 1 is 1.22 bits per heavy atom. The number of amides is 2. The SMILES string of the molecule is CO[C@H]1CN(c2cc(NC(=O)Cn3cc(-c4cc(Cl)c(O)c(C(N)=O)c4)c4c(=O)n(C)cnc43)c(Cl)cn2)C[C@@H]1F. The van der Waals surface area contributed by atoms with Crippen molar-refractivity contribution in [2.75, 3.05) is 30.4 Å². The third kappa shape index (κ3) is 5.31. The molecule has 0 unspecified atom stereocenters. The molecule has 1 aliphatic heterocycles. The van der Waals surface area contributed by atoms with Crippen LogP contribution in [-0.2, 0) is 23.1 Å². The summed E-state index contributed by atoms with van der Waals surface area (Å²) in [6.07, 6.45) is 2.41. The first-order chi connectivity index (χ1) is 19.5. The predicted octanol–water partition coefficient (Wildman–Crippen LogP) is 2.72. The zero-order chi connectivity index (χ0) is 29.6. The quantitative estimate of drug-likeness (QED) is 0.291. The third-order valence-electron chi connectivity index (χ3n) is 6.83. The van der Waals surface area contributed by atoms with Crippen LogP contribution < -0.4 is 21.5 Å². The number of anilines is 2. The molecule has 3 aromatic heterocycles. The highest BCUT2D eigenvalue weighted by Gasteiger charge is 2.34. The Balaban J connectivity index is 1.48. The maximum absolute atomic E-state index is 14.2. The smallest absolute Gasteiger partial charge is 0.263 e. The first kappa shape index (κ1) is 28.3. The summed E-state index contributed by atoms with van der Waals surface area (Å²) in [5, 5.41) is 13.1. The van der Waals surface area contributed by atoms with E-state index >= 15 is 0 Å². The van der Waals surface area contributed by atoms with Crippen LogP contribution in [0.1, 0.15) is 10.4 Å². The molecule has 5 rings (SSSR count). The van der Waals surface area contributed by atoms with Gasteiger partial charge in [-0.15, -0.1) is 0 Å². The molecule has 2 atom stereocenters. The van der Waals surface area contributed by atoms with Gasteiger partial charge >= 0.3 is 0 Å². The summed E-state index contributed by atoms with van der Waals surface area (Å²) >= 11 is 12.4. The molecule has 4 N–H and O–H groups in total. The van der Waals surface area contributed by atoms with Crippen LogP contribution >= 0.6 is 23.2 Å². The number of rotatable bonds is 7. The molecule has 2 amide bonds. The van der Waals surface area contributed by atoms with Crippen LogP contribution in [0.15, 0.2) is 41.7 Å². The van der Waals surface area contributed by atoms with Gasteiger partial charge in [-0.2, -0.15) is 0 Å². The Hall–Kier alpha value is -4.20. The Bertz CT molecular complexity index is 1760. The number of fused-ring (bicyclic) bond motifs is 1. The van der Waals surface area contributed by atoms with Crippen molar-refractivity contribution >= 4 is 57.6 Å². The number of methoxy groups -OCH3 is 1. The van der Waals surface area contributed by atoms with E-state index in [2.05, 4.69) is 15.3 Å². The number of ether oxygens (including phenoxy) is 1. The number of nitrogens with one attached hydrogen (secondary N) is 1. The second kappa shape index (κ2) is 11.0. The molecule has 1 fully saturated rings. The molecule has 1 saturated heterocycles. The van der Waals surface area contributed by atoms with Crippen molar-refractivity contribution in [1.29, 1.82) is 0 Å². The van der Waals surface area contributed by atoms with E-state index in [4.69, 9.17) is 33.7 Å². The van der Waals surface area contributed by atoms with E-state index in [1.807, 2.05) is 0 Å². The van der Waals surface area contributed by atoms with Crippen LogP contribution in [0.5, 0.6) is 5.75 Å². The number of nitrogens with two attached hydrogens (primary N) is 1. The number of primary amides is 1. The van der Waals surface area contributed by atoms with Crippen LogP contribution in [0.4, 0.5) is 15.9 Å². The van der Waals surface area contributed by atoms with Crippen molar-refractivity contribution in [3.05, 3.63) is 62.9 Å². The molecule has 15 heteroatoms. The Morgan fingerprint density at radius 2 is 1.98 bits per heavy atom. The van der Waals surface area contributed by atoms with Gasteiger partial charge in [0.15, 0.2) is 0 Å². The number of aromatic hydroxyl groups is 1. The first-order valence-electron chi connectivity index (χ1n) is 12.2. The molecule has 0 saturated carbocycles. The van der Waals surface area contributed by atoms with Crippen LogP contribution in [0, 0.1) is 0 Å². The van der Waals surface area contributed by atoms with Gasteiger partial charge in [0.2, 0.25) is 5.91 Å². The van der Waals surface area contributed by atoms with Crippen LogP contribution in [-0.4, -0.2) is 68.5 Å². The van der Waals surface area contributed by atoms with Gasteiger partial charge in [0.05, 0.1) is 45.8 Å². The van der Waals surface area contributed by atoms with Gasteiger partial charge in [-0.1, -0.05) is 23.2 Å². The molecule has 12 nitrogen and oxygen atoms in total. The minimum Gasteiger partial charge on any atom is -0.506 e. The van der Waals surface area contributed by atoms with Crippen LogP contribution in [0.3, 0.4) is 0 Å². The monoisotopic (exact) mass is 603 g/mol. The minimum atomic E-state index is -1.19. The number of aromatic nitrogens is 4. The molecular weight excluding hydrogens is 580 g/mol. The standard InChI is InChI=1S/C26H24Cl2FN7O5/c1-34-11-32-25-22(26(34)40)14(12-3-13(24(30)39)23(38)15(27)4-12)7-36(25)10-21(37)33-18-5-20(31-6-16(18)28)35-8-17(29)19(9-35)41-2/h3-7,11,17,19,38H,8-10H2,1-2H3,(H2,30,39)(H,31,33,37)/t17-,19-/m0/s1. The Kier molecular flexibility index (Phi) is 7.60. The summed E-state index contributed by atoms with van der Waals surface area (Å²) in [5.74, 6) is -1.49. The van der Waals surface area contributed by atoms with E-state index in [9.17, 15) is 23.9 Å². The zero-order valence-corrected chi connectivity index (χ0v) is 23.3. The number of carbonyl (C=O) groups is 2. The highest BCUT2D eigenvalue weighted by molar-refractivity contribution is 6.34. The summed E-state index contributed by atoms with van der Waals surface area (Å²) in [4.78, 5) is 48.5. The topological polar surface area (TPSA) is 158 Å². The number of hydrogen-bond acceptors (Lipinski definition) is 8. The van der Waals surface area contributed by atoms with Crippen molar-refractivity contribution in [1.82, 2.24) is 19.1 Å². The second-order valence-electron chi connectivity index (χ2n) is 9.51. The number of benzene rings is 1. The normalized spacial score (nSPS) is 16.9. The van der Waals surface area contributed by atoms with E-state index in [0.29, 0.717) is 16.9 Å². The number of hydrogen-bond donors (Lipinski definition) is 3. The first-order valence-corrected chi connectivity index (χ1v) is 13.0. The lowest BCUT2D eigenvalue weighted by Crippen LogP contribution is -2.24. The molecule has 0 aliphatic carbocycles. The van der Waals surface area contributed by atoms with Gasteiger partial charge in [-0.3, -0.25) is 14.4 Å². The molecule has 0 spiro atoms. The summed E-state index contributed by atoms with van der Waals surface area (Å²) in [6, 6.07) is 4.23. The van der Waals surface area contributed by atoms with E-state index in [1.165, 1.54) is 54.1 Å². The summed E-state index contributed by atoms with van der Waals surface area (Å²) in [6.45, 7) is 0.0936. The Morgan fingerprint density at radius 3 is 2.66 bits per heavy atom. The molecule has 1 aliphatic rings. The predicted molar refractivity (Wildman–Crippen MR) is 151 cm³/mol. The molecule has 41 heavy (non-hydrogen) atoms. The number of alkyl halides is 1. The largest absolute Gasteiger partial charge is 0.506 e. The maximum atomic E-state index is 14.2. The molecule has 214 valence electrons. The van der Waals surface area contributed by atoms with Crippen molar-refractivity contribution in [3.8, 4) is 16.9 Å². The van der Waals surface area contributed by atoms with Crippen molar-refractivity contribution in [2.45, 2.75) is 18.8 Å². The second-order valence-corrected chi connectivity index (χ2v) is 10.3. The number of carbonyl (C=O) groups excluding carboxylic acids is 2. The molecule has 4 heterocycles. The average molecular weight is 604 g/mol. The van der Waals surface area contributed by atoms with Crippen molar-refractivity contribution in [2.24, 2.45) is 12.8 Å². The lowest BCUT2D eigenvalue weighted by Gasteiger charge is -2.18. The third-order valence-corrected chi connectivity index (χ3v) is 7.42. The summed E-state index contributed by atoms with van der Waals surface area (Å²) in [7, 11) is 2.96. The molecule has 1 aromatic carbocycles. The molecule has 4 aromatic rings. The summed E-state index contributed by atoms with van der Waals surface area (Å²) < 4.78 is 22.1. The molecule has 0 bridgehead atoms. The molecule has 0 radical (unpaired) electrons. The average Bonchev–Trinajstić information content (AvgIpc) is 3.49. The fourth-order valence-electron chi connectivity index (χ4n) is 4.73. The van der Waals surface area contributed by atoms with E-state index in [-0.39, 0.29) is 52.0 Å². The van der Waals surface area contributed by atoms with Crippen molar-refractivity contribution < 1.29 is 23.8 Å². The fraction of sp³-hybridized carbons (Fsp3) is 0.269. The number of phenols is 1. The van der Waals surface area contributed by atoms with Gasteiger partial charge in [-0.25, -0.2) is 14.4 Å². The maximum Gasteiger partial charge on any atom is 0.263 e. The lowest BCUT2D eigenvalue weighted by molar-refractivity contribution is -0.116. The Labute approximate surface area is 242 Å². The van der Waals surface area contributed by atoms with E-state index < -0.39 is 35.4 Å². The van der Waals surface area contributed by atoms with E-state index in [0.717, 1.165) is 0 Å². The van der Waals surface area contributed by atoms with Crippen LogP contribution in [0.25, 0.3) is 22.2 Å². The highest BCUT2D eigenvalue weighted by atomic mass is 35.5. The number of aryl methyl sites for hydroxylation is 1. The van der Waals surface area contributed by atoms with Gasteiger partial charge < -0.3 is 34.9 Å². The summed E-state index contributed by atoms with van der Waals surface area (Å²) in [5.41, 5.74) is 5.82. The fourth-order valence-corrected chi connectivity index (χ4v) is 5.10. The number of nitrogens with zero attached hydrogens (tertiary/aromatic N) is 5. The lowest BCUT2D eigenvalue weighted by atomic mass is 10.0. The van der Waals surface area contributed by atoms with E-state index in [1.54, 1.807) is 11.0 Å². The van der Waals surface area contributed by atoms with Gasteiger partial charge in [0.1, 0.15) is 36.0 Å². The van der Waals surface area contributed by atoms with Gasteiger partial charge in [-0.05, 0) is 17.7 Å². The van der Waals surface area contributed by atoms with Crippen molar-refractivity contribution in [3.63, 3.8) is 0 Å². The minimum absolute atomic E-state index is 0.0814. The number of halogens is 3. The van der Waals surface area contributed by atoms with Crippen LogP contribution in [0.2, 0.25) is 10.0 Å². The zero-order valence-electron chi connectivity index (χ0n) is 21.8. The number of pyridine rings is 1.